The second-order valence-corrected chi connectivity index (χ2v) is 7.02. The van der Waals surface area contributed by atoms with Crippen LogP contribution in [0.2, 0.25) is 0 Å². The quantitative estimate of drug-likeness (QED) is 0.367. The average molecular weight is 418 g/mol. The van der Waals surface area contributed by atoms with Gasteiger partial charge in [0.1, 0.15) is 11.5 Å². The Bertz CT molecular complexity index is 1210. The van der Waals surface area contributed by atoms with Crippen molar-refractivity contribution in [2.24, 2.45) is 7.05 Å². The Morgan fingerprint density at radius 1 is 1.13 bits per heavy atom. The second kappa shape index (κ2) is 8.31. The van der Waals surface area contributed by atoms with Crippen LogP contribution in [0.1, 0.15) is 23.0 Å². The third kappa shape index (κ3) is 4.11. The summed E-state index contributed by atoms with van der Waals surface area (Å²) in [5.74, 6) is -0.365. The van der Waals surface area contributed by atoms with E-state index >= 15 is 0 Å². The van der Waals surface area contributed by atoms with Crippen molar-refractivity contribution in [1.82, 2.24) is 20.0 Å². The minimum atomic E-state index is -0.526. The third-order valence-electron chi connectivity index (χ3n) is 4.95. The van der Waals surface area contributed by atoms with Gasteiger partial charge in [-0.25, -0.2) is 9.07 Å². The Kier molecular flexibility index (Phi) is 5.40. The largest absolute Gasteiger partial charge is 0.367 e. The molecule has 0 bridgehead atoms. The van der Waals surface area contributed by atoms with E-state index in [9.17, 15) is 14.5 Å². The predicted octanol–water partition coefficient (Wildman–Crippen LogP) is 4.43. The van der Waals surface area contributed by atoms with E-state index in [-0.39, 0.29) is 11.5 Å². The highest BCUT2D eigenvalue weighted by Crippen LogP contribution is 2.35. The van der Waals surface area contributed by atoms with Gasteiger partial charge in [-0.2, -0.15) is 0 Å². The van der Waals surface area contributed by atoms with Gasteiger partial charge in [0, 0.05) is 24.9 Å². The molecule has 1 unspecified atom stereocenters. The van der Waals surface area contributed by atoms with Crippen LogP contribution in [0.3, 0.4) is 0 Å². The lowest BCUT2D eigenvalue weighted by Gasteiger charge is -2.20. The minimum Gasteiger partial charge on any atom is -0.367 e. The van der Waals surface area contributed by atoms with Gasteiger partial charge in [0.15, 0.2) is 0 Å². The van der Waals surface area contributed by atoms with Crippen molar-refractivity contribution in [2.75, 3.05) is 5.32 Å². The summed E-state index contributed by atoms with van der Waals surface area (Å²) in [4.78, 5) is 15.7. The maximum absolute atomic E-state index is 13.5. The zero-order valence-corrected chi connectivity index (χ0v) is 16.9. The first-order valence-corrected chi connectivity index (χ1v) is 9.52. The number of benzene rings is 2. The van der Waals surface area contributed by atoms with E-state index in [1.54, 1.807) is 48.3 Å². The van der Waals surface area contributed by atoms with Gasteiger partial charge in [-0.15, -0.1) is 5.10 Å². The van der Waals surface area contributed by atoms with Crippen LogP contribution >= 0.6 is 0 Å². The molecule has 0 fully saturated rings. The highest BCUT2D eigenvalue weighted by molar-refractivity contribution is 5.74. The van der Waals surface area contributed by atoms with Crippen LogP contribution in [0.25, 0.3) is 11.3 Å². The molecule has 31 heavy (non-hydrogen) atoms. The summed E-state index contributed by atoms with van der Waals surface area (Å²) >= 11 is 0. The number of hydrogen-bond donors (Lipinski definition) is 1. The maximum Gasteiger partial charge on any atom is 0.292 e. The summed E-state index contributed by atoms with van der Waals surface area (Å²) in [5, 5.41) is 23.0. The number of aromatic nitrogens is 4. The summed E-state index contributed by atoms with van der Waals surface area (Å²) in [6, 6.07) is 15.7. The molecule has 2 heterocycles. The first kappa shape index (κ1) is 20.1. The Morgan fingerprint density at radius 3 is 2.52 bits per heavy atom. The summed E-state index contributed by atoms with van der Waals surface area (Å²) in [5.41, 5.74) is 3.79. The zero-order chi connectivity index (χ0) is 22.0. The van der Waals surface area contributed by atoms with Crippen LogP contribution in [0.5, 0.6) is 0 Å². The molecule has 0 aliphatic carbocycles. The molecule has 0 spiro atoms. The van der Waals surface area contributed by atoms with E-state index in [1.165, 1.54) is 18.2 Å². The van der Waals surface area contributed by atoms with Crippen molar-refractivity contribution in [3.05, 3.63) is 99.7 Å². The fourth-order valence-corrected chi connectivity index (χ4v) is 3.50. The number of nitro groups is 1. The number of nitrogens with one attached hydrogen (secondary N) is 1. The van der Waals surface area contributed by atoms with Crippen molar-refractivity contribution in [1.29, 1.82) is 0 Å². The van der Waals surface area contributed by atoms with Gasteiger partial charge in [-0.1, -0.05) is 23.4 Å². The van der Waals surface area contributed by atoms with E-state index < -0.39 is 11.0 Å². The molecule has 0 aliphatic heterocycles. The Balaban J connectivity index is 1.83. The van der Waals surface area contributed by atoms with Crippen LogP contribution < -0.4 is 5.32 Å². The summed E-state index contributed by atoms with van der Waals surface area (Å²) in [6.45, 7) is 1.83. The van der Waals surface area contributed by atoms with E-state index in [4.69, 9.17) is 0 Å². The predicted molar refractivity (Wildman–Crippen MR) is 114 cm³/mol. The number of halogens is 1. The third-order valence-corrected chi connectivity index (χ3v) is 4.95. The first-order valence-electron chi connectivity index (χ1n) is 9.52. The first-order chi connectivity index (χ1) is 14.9. The van der Waals surface area contributed by atoms with Crippen molar-refractivity contribution in [3.8, 4) is 11.3 Å². The molecule has 2 aromatic heterocycles. The smallest absolute Gasteiger partial charge is 0.292 e. The van der Waals surface area contributed by atoms with E-state index in [0.29, 0.717) is 17.1 Å². The van der Waals surface area contributed by atoms with Gasteiger partial charge >= 0.3 is 0 Å². The van der Waals surface area contributed by atoms with E-state index in [0.717, 1.165) is 16.8 Å². The van der Waals surface area contributed by atoms with Gasteiger partial charge in [-0.3, -0.25) is 15.1 Å². The number of rotatable bonds is 6. The lowest BCUT2D eigenvalue weighted by atomic mass is 10.0. The summed E-state index contributed by atoms with van der Waals surface area (Å²) in [6.07, 6.45) is 1.64. The molecule has 0 saturated heterocycles. The van der Waals surface area contributed by atoms with Crippen molar-refractivity contribution >= 4 is 11.4 Å². The number of aryl methyl sites for hydroxylation is 2. The highest BCUT2D eigenvalue weighted by atomic mass is 19.1. The average Bonchev–Trinajstić information content (AvgIpc) is 3.11. The molecule has 4 aromatic rings. The molecule has 4 rings (SSSR count). The lowest BCUT2D eigenvalue weighted by Crippen LogP contribution is -2.15. The number of hydrogen-bond acceptors (Lipinski definition) is 6. The monoisotopic (exact) mass is 418 g/mol. The van der Waals surface area contributed by atoms with Crippen LogP contribution in [0, 0.1) is 22.9 Å². The Morgan fingerprint density at radius 2 is 1.90 bits per heavy atom. The molecular formula is C22H19FN6O2. The molecule has 1 atom stereocenters. The van der Waals surface area contributed by atoms with Gasteiger partial charge in [0.2, 0.25) is 0 Å². The second-order valence-electron chi connectivity index (χ2n) is 7.02. The minimum absolute atomic E-state index is 0.0837. The van der Waals surface area contributed by atoms with Gasteiger partial charge in [0.05, 0.1) is 28.0 Å². The molecule has 2 aromatic carbocycles. The van der Waals surface area contributed by atoms with Crippen molar-refractivity contribution in [3.63, 3.8) is 0 Å². The molecule has 0 radical (unpaired) electrons. The molecule has 156 valence electrons. The number of pyridine rings is 1. The fourth-order valence-electron chi connectivity index (χ4n) is 3.50. The molecular weight excluding hydrogens is 399 g/mol. The summed E-state index contributed by atoms with van der Waals surface area (Å²) < 4.78 is 15.1. The number of nitro benzene ring substituents is 1. The van der Waals surface area contributed by atoms with E-state index in [2.05, 4.69) is 20.6 Å². The van der Waals surface area contributed by atoms with Crippen molar-refractivity contribution in [2.45, 2.75) is 13.0 Å². The van der Waals surface area contributed by atoms with Gasteiger partial charge in [-0.05, 0) is 48.9 Å². The van der Waals surface area contributed by atoms with Crippen LogP contribution in [0.15, 0.2) is 66.9 Å². The van der Waals surface area contributed by atoms with E-state index in [1.807, 2.05) is 19.1 Å². The molecule has 8 nitrogen and oxygen atoms in total. The normalized spacial score (nSPS) is 11.8. The molecule has 0 saturated carbocycles. The maximum atomic E-state index is 13.5. The topological polar surface area (TPSA) is 98.8 Å². The van der Waals surface area contributed by atoms with Crippen LogP contribution in [-0.2, 0) is 7.05 Å². The molecule has 0 amide bonds. The van der Waals surface area contributed by atoms with Gasteiger partial charge in [0.25, 0.3) is 5.69 Å². The summed E-state index contributed by atoms with van der Waals surface area (Å²) in [7, 11) is 1.76. The standard InChI is InChI=1S/C22H19FN6O2/c1-14-22(28(2)27-26-14)16-8-11-20(29(30)31)19(13-16)25-21(18-5-3-4-12-24-18)15-6-9-17(23)10-7-15/h3-13,21,25H,1-2H3. The molecule has 0 aliphatic rings. The number of anilines is 1. The van der Waals surface area contributed by atoms with Crippen LogP contribution in [-0.4, -0.2) is 24.9 Å². The number of nitrogens with zero attached hydrogens (tertiary/aromatic N) is 5. The zero-order valence-electron chi connectivity index (χ0n) is 16.9. The van der Waals surface area contributed by atoms with Crippen molar-refractivity contribution < 1.29 is 9.31 Å². The van der Waals surface area contributed by atoms with Gasteiger partial charge < -0.3 is 5.32 Å². The fraction of sp³-hybridized carbons (Fsp3) is 0.136. The Labute approximate surface area is 177 Å². The molecule has 9 heteroatoms. The Hall–Kier alpha value is -4.14. The SMILES string of the molecule is Cc1nnn(C)c1-c1ccc([N+](=O)[O-])c(NC(c2ccc(F)cc2)c2ccccn2)c1. The highest BCUT2D eigenvalue weighted by Gasteiger charge is 2.22. The molecule has 1 N–H and O–H groups in total. The van der Waals surface area contributed by atoms with Crippen LogP contribution in [0.4, 0.5) is 15.8 Å². The lowest BCUT2D eigenvalue weighted by molar-refractivity contribution is -0.384.